The number of nitrogens with one attached hydrogen (secondary N) is 2. The van der Waals surface area contributed by atoms with Crippen LogP contribution in [0.25, 0.3) is 0 Å². The van der Waals surface area contributed by atoms with Gasteiger partial charge in [-0.25, -0.2) is 8.78 Å². The van der Waals surface area contributed by atoms with Gasteiger partial charge >= 0.3 is 0 Å². The lowest BCUT2D eigenvalue weighted by Gasteiger charge is -2.39. The zero-order chi connectivity index (χ0) is 22.5. The molecule has 2 N–H and O–H groups in total. The monoisotopic (exact) mass is 449 g/mol. The van der Waals surface area contributed by atoms with Crippen LogP contribution in [0.3, 0.4) is 0 Å². The number of fused-ring (bicyclic) bond motifs is 1. The van der Waals surface area contributed by atoms with E-state index >= 15 is 0 Å². The van der Waals surface area contributed by atoms with Crippen LogP contribution in [0, 0.1) is 18.6 Å². The molecule has 2 aliphatic heterocycles. The lowest BCUT2D eigenvalue weighted by molar-refractivity contribution is -0.118. The van der Waals surface area contributed by atoms with Crippen LogP contribution in [0.15, 0.2) is 18.2 Å². The second-order valence-corrected chi connectivity index (χ2v) is 9.66. The van der Waals surface area contributed by atoms with Gasteiger partial charge in [0.1, 0.15) is 22.7 Å². The number of rotatable bonds is 5. The first-order valence-electron chi connectivity index (χ1n) is 9.80. The first-order chi connectivity index (χ1) is 14.6. The van der Waals surface area contributed by atoms with Crippen LogP contribution in [-0.2, 0) is 28.9 Å². The van der Waals surface area contributed by atoms with Crippen LogP contribution in [0.4, 0.5) is 14.5 Å². The predicted octanol–water partition coefficient (Wildman–Crippen LogP) is 2.09. The Hall–Kier alpha value is -2.72. The fourth-order valence-corrected chi connectivity index (χ4v) is 5.74. The summed E-state index contributed by atoms with van der Waals surface area (Å²) < 4.78 is 39.7. The fraction of sp³-hybridized carbons (Fsp3) is 0.381. The van der Waals surface area contributed by atoms with Crippen LogP contribution in [0.2, 0.25) is 0 Å². The number of Topliss-reactive ketones (excluding diaryl/α,β-unsaturated/α-hetero) is 1. The summed E-state index contributed by atoms with van der Waals surface area (Å²) in [6.45, 7) is 3.83. The van der Waals surface area contributed by atoms with E-state index in [1.54, 1.807) is 18.4 Å². The van der Waals surface area contributed by atoms with Gasteiger partial charge in [-0.2, -0.15) is 0 Å². The predicted molar refractivity (Wildman–Crippen MR) is 111 cm³/mol. The van der Waals surface area contributed by atoms with Gasteiger partial charge < -0.3 is 19.8 Å². The molecule has 0 bridgehead atoms. The molecule has 0 saturated carbocycles. The minimum Gasteiger partial charge on any atom is -0.616 e. The Labute approximate surface area is 180 Å². The summed E-state index contributed by atoms with van der Waals surface area (Å²) in [6.07, 6.45) is 1.24. The van der Waals surface area contributed by atoms with Crippen LogP contribution in [0.5, 0.6) is 0 Å². The zero-order valence-corrected chi connectivity index (χ0v) is 17.8. The van der Waals surface area contributed by atoms with Crippen molar-refractivity contribution in [3.63, 3.8) is 0 Å². The van der Waals surface area contributed by atoms with Gasteiger partial charge in [0.25, 0.3) is 17.6 Å². The molecule has 0 unspecified atom stereocenters. The molecule has 31 heavy (non-hydrogen) atoms. The number of hydrogen-bond acceptors (Lipinski definition) is 4. The highest BCUT2D eigenvalue weighted by Crippen LogP contribution is 2.31. The lowest BCUT2D eigenvalue weighted by Crippen LogP contribution is -2.64. The van der Waals surface area contributed by atoms with Gasteiger partial charge in [0.05, 0.1) is 5.56 Å². The summed E-state index contributed by atoms with van der Waals surface area (Å²) in [6, 6.07) is 3.02. The molecule has 4 rings (SSSR count). The molecule has 2 amide bonds. The SMILES string of the molecule is Cc1c(C(=O)C(=O)N[C@]2(C)C[S@@+]([O-])C2)c2n(c1C(=O)Nc1ccc(F)c(F)c1)CCC2. The van der Waals surface area contributed by atoms with Gasteiger partial charge in [-0.3, -0.25) is 14.4 Å². The largest absolute Gasteiger partial charge is 0.616 e. The van der Waals surface area contributed by atoms with E-state index in [9.17, 15) is 27.7 Å². The van der Waals surface area contributed by atoms with Crippen LogP contribution >= 0.6 is 0 Å². The molecule has 7 nitrogen and oxygen atoms in total. The van der Waals surface area contributed by atoms with Crippen molar-refractivity contribution in [3.05, 3.63) is 52.3 Å². The maximum atomic E-state index is 13.5. The van der Waals surface area contributed by atoms with Crippen molar-refractivity contribution in [1.82, 2.24) is 9.88 Å². The molecule has 10 heteroatoms. The molecule has 0 spiro atoms. The first kappa shape index (κ1) is 21.5. The Morgan fingerprint density at radius 3 is 2.55 bits per heavy atom. The van der Waals surface area contributed by atoms with Gasteiger partial charge in [0.15, 0.2) is 11.6 Å². The quantitative estimate of drug-likeness (QED) is 0.414. The third-order valence-electron chi connectivity index (χ3n) is 5.61. The normalized spacial score (nSPS) is 21.9. The second kappa shape index (κ2) is 7.76. The number of anilines is 1. The topological polar surface area (TPSA) is 103 Å². The number of ketones is 1. The number of halogens is 2. The molecule has 0 radical (unpaired) electrons. The van der Waals surface area contributed by atoms with Crippen molar-refractivity contribution in [2.24, 2.45) is 0 Å². The van der Waals surface area contributed by atoms with E-state index in [2.05, 4.69) is 10.6 Å². The van der Waals surface area contributed by atoms with Crippen LogP contribution in [0.1, 0.15) is 45.4 Å². The standard InChI is InChI=1S/C21H21F2N3O4S/c1-11-16(18(27)20(29)25-21(2)9-31(30)10-21)15-4-3-7-26(15)17(11)19(28)24-12-5-6-13(22)14(23)8-12/h5-6,8H,3-4,7,9-10H2,1-2H3,(H,24,28)(H,25,29)/t21-,31-. The Balaban J connectivity index is 1.61. The molecule has 1 saturated heterocycles. The molecule has 2 aliphatic rings. The van der Waals surface area contributed by atoms with Crippen molar-refractivity contribution in [3.8, 4) is 0 Å². The zero-order valence-electron chi connectivity index (χ0n) is 17.0. The van der Waals surface area contributed by atoms with Crippen LogP contribution in [-0.4, -0.2) is 43.8 Å². The van der Waals surface area contributed by atoms with Crippen molar-refractivity contribution < 1.29 is 27.7 Å². The Morgan fingerprint density at radius 2 is 1.90 bits per heavy atom. The average molecular weight is 449 g/mol. The number of aromatic nitrogens is 1. The van der Waals surface area contributed by atoms with E-state index < -0.39 is 45.9 Å². The summed E-state index contributed by atoms with van der Waals surface area (Å²) >= 11 is -0.998. The van der Waals surface area contributed by atoms with Gasteiger partial charge in [-0.15, -0.1) is 0 Å². The molecular weight excluding hydrogens is 428 g/mol. The molecule has 1 aromatic carbocycles. The first-order valence-corrected chi connectivity index (χ1v) is 11.3. The Kier molecular flexibility index (Phi) is 5.38. The van der Waals surface area contributed by atoms with Gasteiger partial charge in [0, 0.05) is 24.0 Å². The summed E-state index contributed by atoms with van der Waals surface area (Å²) in [7, 11) is 0. The highest BCUT2D eigenvalue weighted by Gasteiger charge is 2.47. The summed E-state index contributed by atoms with van der Waals surface area (Å²) in [5, 5.41) is 5.19. The van der Waals surface area contributed by atoms with E-state index in [0.717, 1.165) is 12.1 Å². The number of carbonyl (C=O) groups excluding carboxylic acids is 3. The third kappa shape index (κ3) is 3.85. The fourth-order valence-electron chi connectivity index (χ4n) is 4.26. The molecule has 1 fully saturated rings. The highest BCUT2D eigenvalue weighted by atomic mass is 32.2. The molecule has 3 heterocycles. The van der Waals surface area contributed by atoms with Crippen molar-refractivity contribution in [2.45, 2.75) is 38.8 Å². The molecule has 0 aliphatic carbocycles. The van der Waals surface area contributed by atoms with Crippen molar-refractivity contribution in [2.75, 3.05) is 16.8 Å². The number of amides is 2. The van der Waals surface area contributed by atoms with Crippen LogP contribution < -0.4 is 10.6 Å². The summed E-state index contributed by atoms with van der Waals surface area (Å²) in [5.74, 6) is -3.65. The molecule has 164 valence electrons. The van der Waals surface area contributed by atoms with Gasteiger partial charge in [-0.1, -0.05) is 0 Å². The Morgan fingerprint density at radius 1 is 1.19 bits per heavy atom. The minimum atomic E-state index is -1.09. The van der Waals surface area contributed by atoms with E-state index in [1.807, 2.05) is 0 Å². The highest BCUT2D eigenvalue weighted by molar-refractivity contribution is 7.93. The number of hydrogen-bond donors (Lipinski definition) is 2. The summed E-state index contributed by atoms with van der Waals surface area (Å²) in [5.41, 5.74) is 0.765. The maximum absolute atomic E-state index is 13.5. The molecular formula is C21H21F2N3O4S. The number of benzene rings is 1. The van der Waals surface area contributed by atoms with E-state index in [0.29, 0.717) is 42.1 Å². The third-order valence-corrected chi connectivity index (χ3v) is 7.53. The lowest BCUT2D eigenvalue weighted by atomic mass is 10.0. The van der Waals surface area contributed by atoms with E-state index in [-0.39, 0.29) is 16.9 Å². The second-order valence-electron chi connectivity index (χ2n) is 8.21. The van der Waals surface area contributed by atoms with E-state index in [4.69, 9.17) is 0 Å². The maximum Gasteiger partial charge on any atom is 0.293 e. The van der Waals surface area contributed by atoms with Gasteiger partial charge in [0.2, 0.25) is 0 Å². The van der Waals surface area contributed by atoms with Crippen molar-refractivity contribution in [1.29, 1.82) is 0 Å². The Bertz CT molecular complexity index is 1110. The summed E-state index contributed by atoms with van der Waals surface area (Å²) in [4.78, 5) is 38.5. The number of carbonyl (C=O) groups is 3. The average Bonchev–Trinajstić information content (AvgIpc) is 3.22. The van der Waals surface area contributed by atoms with E-state index in [1.165, 1.54) is 6.07 Å². The molecule has 2 aromatic rings. The van der Waals surface area contributed by atoms with Gasteiger partial charge in [-0.05, 0) is 55.6 Å². The number of nitrogens with zero attached hydrogens (tertiary/aromatic N) is 1. The minimum absolute atomic E-state index is 0.0772. The molecule has 1 aromatic heterocycles. The smallest absolute Gasteiger partial charge is 0.293 e. The molecule has 0 atom stereocenters. The van der Waals surface area contributed by atoms with Crippen molar-refractivity contribution >= 4 is 34.5 Å².